The molecule has 0 saturated heterocycles. The summed E-state index contributed by atoms with van der Waals surface area (Å²) < 4.78 is 0. The molecular weight excluding hydrogens is 166 g/mol. The molecule has 2 N–H and O–H groups in total. The standard InChI is InChI=1S/C8H11N5/c1-2-3-8(9)6-7(11-4-10-6)12-5-13-8/h4-5H,2-3,9H2,1H3. The van der Waals surface area contributed by atoms with Gasteiger partial charge in [0.25, 0.3) is 0 Å². The molecule has 0 aromatic heterocycles. The van der Waals surface area contributed by atoms with E-state index >= 15 is 0 Å². The first-order valence-electron chi connectivity index (χ1n) is 4.28. The smallest absolute Gasteiger partial charge is 0.180 e. The third kappa shape index (κ3) is 1.21. The highest BCUT2D eigenvalue weighted by atomic mass is 15.2. The molecule has 5 heteroatoms. The first-order valence-corrected chi connectivity index (χ1v) is 4.28. The topological polar surface area (TPSA) is 75.5 Å². The summed E-state index contributed by atoms with van der Waals surface area (Å²) in [5.41, 5.74) is 6.05. The summed E-state index contributed by atoms with van der Waals surface area (Å²) in [5.74, 6) is 0.603. The Morgan fingerprint density at radius 1 is 1.38 bits per heavy atom. The van der Waals surface area contributed by atoms with Gasteiger partial charge >= 0.3 is 0 Å². The highest BCUT2D eigenvalue weighted by Gasteiger charge is 2.36. The molecule has 0 amide bonds. The van der Waals surface area contributed by atoms with Crippen molar-refractivity contribution in [3.63, 3.8) is 0 Å². The molecule has 2 aliphatic rings. The van der Waals surface area contributed by atoms with E-state index in [1.54, 1.807) is 0 Å². The maximum Gasteiger partial charge on any atom is 0.180 e. The Kier molecular flexibility index (Phi) is 1.81. The van der Waals surface area contributed by atoms with Gasteiger partial charge in [0, 0.05) is 0 Å². The quantitative estimate of drug-likeness (QED) is 0.649. The van der Waals surface area contributed by atoms with E-state index in [1.807, 2.05) is 0 Å². The summed E-state index contributed by atoms with van der Waals surface area (Å²) in [7, 11) is 0. The molecular formula is C8H11N5. The predicted octanol–water partition coefficient (Wildman–Crippen LogP) is 0.365. The molecule has 0 spiro atoms. The average molecular weight is 177 g/mol. The van der Waals surface area contributed by atoms with Gasteiger partial charge in [-0.3, -0.25) is 0 Å². The number of amidine groups is 1. The highest BCUT2D eigenvalue weighted by molar-refractivity contribution is 6.50. The second-order valence-electron chi connectivity index (χ2n) is 3.09. The summed E-state index contributed by atoms with van der Waals surface area (Å²) in [6.07, 6.45) is 4.66. The van der Waals surface area contributed by atoms with Crippen LogP contribution in [-0.4, -0.2) is 29.9 Å². The summed E-state index contributed by atoms with van der Waals surface area (Å²) in [5, 5.41) is 0. The van der Waals surface area contributed by atoms with Gasteiger partial charge in [-0.05, 0) is 6.42 Å². The fourth-order valence-electron chi connectivity index (χ4n) is 1.47. The lowest BCUT2D eigenvalue weighted by Gasteiger charge is -2.25. The molecule has 0 aromatic rings. The van der Waals surface area contributed by atoms with Crippen LogP contribution in [-0.2, 0) is 0 Å². The Hall–Kier alpha value is -1.36. The van der Waals surface area contributed by atoms with Crippen LogP contribution in [0.1, 0.15) is 19.8 Å². The van der Waals surface area contributed by atoms with Crippen molar-refractivity contribution < 1.29 is 0 Å². The summed E-state index contributed by atoms with van der Waals surface area (Å²) in [4.78, 5) is 16.2. The molecule has 1 atom stereocenters. The Morgan fingerprint density at radius 2 is 2.23 bits per heavy atom. The van der Waals surface area contributed by atoms with Crippen molar-refractivity contribution in [3.8, 4) is 0 Å². The molecule has 0 aliphatic carbocycles. The second-order valence-corrected chi connectivity index (χ2v) is 3.09. The summed E-state index contributed by atoms with van der Waals surface area (Å²) >= 11 is 0. The molecule has 2 aliphatic heterocycles. The van der Waals surface area contributed by atoms with E-state index in [4.69, 9.17) is 5.73 Å². The lowest BCUT2D eigenvalue weighted by Crippen LogP contribution is -2.50. The number of aliphatic imine (C=N–C) groups is 4. The zero-order chi connectivity index (χ0) is 9.31. The number of nitrogens with two attached hydrogens (primary N) is 1. The lowest BCUT2D eigenvalue weighted by atomic mass is 9.98. The molecule has 0 aromatic carbocycles. The summed E-state index contributed by atoms with van der Waals surface area (Å²) in [6, 6.07) is 0. The van der Waals surface area contributed by atoms with Crippen molar-refractivity contribution >= 4 is 24.2 Å². The van der Waals surface area contributed by atoms with E-state index < -0.39 is 5.66 Å². The maximum absolute atomic E-state index is 6.07. The number of hydrogen-bond donors (Lipinski definition) is 1. The Bertz CT molecular complexity index is 338. The molecule has 1 unspecified atom stereocenters. The largest absolute Gasteiger partial charge is 0.302 e. The number of fused-ring (bicyclic) bond motifs is 1. The van der Waals surface area contributed by atoms with Gasteiger partial charge < -0.3 is 5.73 Å². The van der Waals surface area contributed by atoms with Crippen molar-refractivity contribution in [1.29, 1.82) is 0 Å². The number of hydrogen-bond acceptors (Lipinski definition) is 5. The third-order valence-electron chi connectivity index (χ3n) is 2.09. The molecule has 0 bridgehead atoms. The molecule has 68 valence electrons. The van der Waals surface area contributed by atoms with E-state index in [2.05, 4.69) is 26.9 Å². The van der Waals surface area contributed by atoms with Gasteiger partial charge in [-0.2, -0.15) is 0 Å². The monoisotopic (exact) mass is 177 g/mol. The molecule has 0 fully saturated rings. The lowest BCUT2D eigenvalue weighted by molar-refractivity contribution is 0.540. The third-order valence-corrected chi connectivity index (χ3v) is 2.09. The Balaban J connectivity index is 2.34. The number of rotatable bonds is 2. The van der Waals surface area contributed by atoms with Gasteiger partial charge in [0.15, 0.2) is 11.5 Å². The van der Waals surface area contributed by atoms with Crippen LogP contribution in [0, 0.1) is 0 Å². The first-order chi connectivity index (χ1) is 6.26. The van der Waals surface area contributed by atoms with Crippen LogP contribution >= 0.6 is 0 Å². The Morgan fingerprint density at radius 3 is 3.00 bits per heavy atom. The van der Waals surface area contributed by atoms with Crippen molar-refractivity contribution in [2.75, 3.05) is 0 Å². The minimum absolute atomic E-state index is 0.603. The van der Waals surface area contributed by atoms with Gasteiger partial charge in [0.1, 0.15) is 18.4 Å². The second kappa shape index (κ2) is 2.85. The molecule has 13 heavy (non-hydrogen) atoms. The van der Waals surface area contributed by atoms with Crippen LogP contribution < -0.4 is 5.73 Å². The molecule has 2 heterocycles. The molecule has 5 nitrogen and oxygen atoms in total. The normalized spacial score (nSPS) is 30.0. The van der Waals surface area contributed by atoms with Crippen LogP contribution in [0.15, 0.2) is 20.0 Å². The fourth-order valence-corrected chi connectivity index (χ4v) is 1.47. The van der Waals surface area contributed by atoms with Crippen LogP contribution in [0.2, 0.25) is 0 Å². The van der Waals surface area contributed by atoms with Crippen LogP contribution in [0.4, 0.5) is 0 Å². The minimum Gasteiger partial charge on any atom is -0.302 e. The van der Waals surface area contributed by atoms with E-state index in [9.17, 15) is 0 Å². The number of nitrogens with zero attached hydrogens (tertiary/aromatic N) is 4. The van der Waals surface area contributed by atoms with Gasteiger partial charge in [-0.1, -0.05) is 13.3 Å². The predicted molar refractivity (Wildman–Crippen MR) is 53.7 cm³/mol. The van der Waals surface area contributed by atoms with E-state index in [0.717, 1.165) is 12.8 Å². The molecule has 2 rings (SSSR count). The minimum atomic E-state index is -0.706. The van der Waals surface area contributed by atoms with Crippen LogP contribution in [0.3, 0.4) is 0 Å². The van der Waals surface area contributed by atoms with Crippen molar-refractivity contribution in [2.45, 2.75) is 25.4 Å². The van der Waals surface area contributed by atoms with E-state index in [0.29, 0.717) is 11.5 Å². The zero-order valence-corrected chi connectivity index (χ0v) is 7.44. The van der Waals surface area contributed by atoms with E-state index in [1.165, 1.54) is 12.7 Å². The Labute approximate surface area is 76.2 Å². The zero-order valence-electron chi connectivity index (χ0n) is 7.44. The average Bonchev–Trinajstić information content (AvgIpc) is 2.54. The van der Waals surface area contributed by atoms with Crippen molar-refractivity contribution in [2.24, 2.45) is 25.7 Å². The van der Waals surface area contributed by atoms with E-state index in [-0.39, 0.29) is 0 Å². The molecule has 0 radical (unpaired) electrons. The van der Waals surface area contributed by atoms with Crippen LogP contribution in [0.5, 0.6) is 0 Å². The fraction of sp³-hybridized carbons (Fsp3) is 0.500. The van der Waals surface area contributed by atoms with Gasteiger partial charge in [0.05, 0.1) is 0 Å². The van der Waals surface area contributed by atoms with Gasteiger partial charge in [0.2, 0.25) is 0 Å². The van der Waals surface area contributed by atoms with Crippen molar-refractivity contribution in [3.05, 3.63) is 0 Å². The first kappa shape index (κ1) is 8.25. The van der Waals surface area contributed by atoms with Gasteiger partial charge in [-0.15, -0.1) is 0 Å². The van der Waals surface area contributed by atoms with Crippen LogP contribution in [0.25, 0.3) is 0 Å². The maximum atomic E-state index is 6.07. The molecule has 0 saturated carbocycles. The highest BCUT2D eigenvalue weighted by Crippen LogP contribution is 2.19. The van der Waals surface area contributed by atoms with Crippen molar-refractivity contribution in [1.82, 2.24) is 0 Å². The van der Waals surface area contributed by atoms with Gasteiger partial charge in [-0.25, -0.2) is 20.0 Å². The summed E-state index contributed by atoms with van der Waals surface area (Å²) in [6.45, 7) is 2.06. The SMILES string of the molecule is CCCC1(N)N=CN=C2N=CN=C21.